The molecule has 9 heteroatoms. The number of hydrogen-bond acceptors (Lipinski definition) is 9. The van der Waals surface area contributed by atoms with E-state index < -0.39 is 0 Å². The molecule has 5 aliphatic heterocycles. The Kier molecular flexibility index (Phi) is 6.34. The zero-order chi connectivity index (χ0) is 26.2. The van der Waals surface area contributed by atoms with Crippen molar-refractivity contribution in [3.05, 3.63) is 77.0 Å². The summed E-state index contributed by atoms with van der Waals surface area (Å²) in [7, 11) is 0. The van der Waals surface area contributed by atoms with Gasteiger partial charge in [-0.25, -0.2) is 9.97 Å². The normalized spacial score (nSPS) is 26.1. The molecule has 0 radical (unpaired) electrons. The van der Waals surface area contributed by atoms with Crippen LogP contribution in [0.15, 0.2) is 65.9 Å². The van der Waals surface area contributed by atoms with Gasteiger partial charge in [0, 0.05) is 86.8 Å². The van der Waals surface area contributed by atoms with Gasteiger partial charge in [-0.1, -0.05) is 13.0 Å². The molecule has 2 aromatic heterocycles. The van der Waals surface area contributed by atoms with Crippen molar-refractivity contribution in [3.63, 3.8) is 0 Å². The number of dihydropyridines is 1. The number of aromatic nitrogens is 2. The molecule has 3 N–H and O–H groups in total. The monoisotopic (exact) mass is 508 g/mol. The van der Waals surface area contributed by atoms with Crippen LogP contribution in [0, 0.1) is 22.7 Å². The average molecular weight is 509 g/mol. The van der Waals surface area contributed by atoms with Crippen molar-refractivity contribution in [2.75, 3.05) is 31.1 Å². The maximum absolute atomic E-state index is 9.63. The van der Waals surface area contributed by atoms with E-state index in [2.05, 4.69) is 56.2 Å². The molecule has 2 aromatic rings. The molecule has 0 saturated carbocycles. The van der Waals surface area contributed by atoms with Crippen LogP contribution in [-0.2, 0) is 6.54 Å². The highest BCUT2D eigenvalue weighted by Crippen LogP contribution is 2.36. The lowest BCUT2D eigenvalue weighted by Gasteiger charge is -2.56. The standard InChI is InChI=1S/C29H32N8O/c1-19-6-7-35(15-19)23-9-26(29(34-14-23)22(10-30)11-31)21-3-4-27(32-13-21)36-17-24-8-25(18-36)37(24)16-20-2-5-28(38)33-12-20/h2-5,9-10,12-14,19,24-25,30,34H,6-8,15-18H2,1H3,(H,33,38)/b29-22+,30-10?/t19-,24?,25?/m0/s1. The van der Waals surface area contributed by atoms with E-state index in [9.17, 15) is 10.4 Å². The second kappa shape index (κ2) is 9.95. The Hall–Kier alpha value is -4.16. The van der Waals surface area contributed by atoms with Gasteiger partial charge in [0.25, 0.3) is 0 Å². The smallest absolute Gasteiger partial charge is 0.210 e. The first kappa shape index (κ1) is 24.2. The number of pyridine rings is 2. The fraction of sp³-hybridized carbons (Fsp3) is 0.379. The highest BCUT2D eigenvalue weighted by atomic mass is 16.3. The van der Waals surface area contributed by atoms with E-state index in [1.807, 2.05) is 18.5 Å². The van der Waals surface area contributed by atoms with E-state index in [4.69, 9.17) is 10.4 Å². The number of piperazine rings is 1. The molecule has 3 atom stereocenters. The molecule has 2 bridgehead atoms. The van der Waals surface area contributed by atoms with Gasteiger partial charge in [0.2, 0.25) is 5.88 Å². The molecule has 194 valence electrons. The van der Waals surface area contributed by atoms with Crippen molar-refractivity contribution in [3.8, 4) is 11.9 Å². The summed E-state index contributed by atoms with van der Waals surface area (Å²) in [4.78, 5) is 16.1. The lowest BCUT2D eigenvalue weighted by atomic mass is 9.87. The zero-order valence-electron chi connectivity index (χ0n) is 21.5. The molecule has 0 aliphatic carbocycles. The van der Waals surface area contributed by atoms with Crippen molar-refractivity contribution in [1.82, 2.24) is 25.1 Å². The maximum atomic E-state index is 9.63. The second-order valence-electron chi connectivity index (χ2n) is 10.7. The number of hydrogen-bond donors (Lipinski definition) is 3. The highest BCUT2D eigenvalue weighted by Gasteiger charge is 2.44. The number of nitrogens with zero attached hydrogens (tertiary/aromatic N) is 6. The third kappa shape index (κ3) is 4.52. The van der Waals surface area contributed by atoms with Gasteiger partial charge in [0.1, 0.15) is 11.9 Å². The van der Waals surface area contributed by atoms with Gasteiger partial charge in [-0.05, 0) is 42.5 Å². The van der Waals surface area contributed by atoms with Crippen molar-refractivity contribution >= 4 is 17.6 Å². The van der Waals surface area contributed by atoms with Gasteiger partial charge in [0.15, 0.2) is 0 Å². The number of anilines is 1. The van der Waals surface area contributed by atoms with Crippen LogP contribution < -0.4 is 10.2 Å². The zero-order valence-corrected chi connectivity index (χ0v) is 21.5. The van der Waals surface area contributed by atoms with Crippen LogP contribution in [0.25, 0.3) is 5.57 Å². The number of nitriles is 1. The summed E-state index contributed by atoms with van der Waals surface area (Å²) in [5.74, 6) is 1.67. The summed E-state index contributed by atoms with van der Waals surface area (Å²) in [6, 6.07) is 10.8. The largest absolute Gasteiger partial charge is 0.493 e. The lowest BCUT2D eigenvalue weighted by molar-refractivity contribution is -0.00876. The molecule has 5 aliphatic rings. The number of fused-ring (bicyclic) bond motifs is 2. The fourth-order valence-corrected chi connectivity index (χ4v) is 6.03. The molecule has 7 rings (SSSR count). The third-order valence-electron chi connectivity index (χ3n) is 8.15. The Morgan fingerprint density at radius 3 is 2.63 bits per heavy atom. The molecule has 2 unspecified atom stereocenters. The Morgan fingerprint density at radius 2 is 2.00 bits per heavy atom. The molecular formula is C29H32N8O. The maximum Gasteiger partial charge on any atom is 0.210 e. The van der Waals surface area contributed by atoms with Gasteiger partial charge in [0.05, 0.1) is 17.0 Å². The van der Waals surface area contributed by atoms with E-state index in [0.29, 0.717) is 29.3 Å². The van der Waals surface area contributed by atoms with Crippen LogP contribution in [0.4, 0.5) is 5.82 Å². The molecule has 0 aromatic carbocycles. The summed E-state index contributed by atoms with van der Waals surface area (Å²) in [5.41, 5.74) is 4.96. The SMILES string of the molecule is C[C@H]1CCN(C2=CN/C(=C(/C#N)C=N)C(c3ccc(N4CC5CC(C4)N5Cc4ccc(O)nc4)nc3)=C2)C1. The molecule has 9 nitrogen and oxygen atoms in total. The highest BCUT2D eigenvalue weighted by molar-refractivity contribution is 5.93. The number of piperidine rings is 1. The lowest BCUT2D eigenvalue weighted by Crippen LogP contribution is -2.68. The van der Waals surface area contributed by atoms with Gasteiger partial charge < -0.3 is 25.6 Å². The molecule has 7 heterocycles. The Balaban J connectivity index is 1.19. The molecule has 0 spiro atoms. The van der Waals surface area contributed by atoms with E-state index in [1.54, 1.807) is 12.3 Å². The predicted octanol–water partition coefficient (Wildman–Crippen LogP) is 3.24. The van der Waals surface area contributed by atoms with Gasteiger partial charge in [-0.15, -0.1) is 0 Å². The summed E-state index contributed by atoms with van der Waals surface area (Å²) in [5, 5.41) is 30.1. The minimum atomic E-state index is 0.0557. The first-order chi connectivity index (χ1) is 18.5. The van der Waals surface area contributed by atoms with Crippen LogP contribution in [0.3, 0.4) is 0 Å². The van der Waals surface area contributed by atoms with Gasteiger partial charge in [-0.2, -0.15) is 5.26 Å². The first-order valence-electron chi connectivity index (χ1n) is 13.2. The van der Waals surface area contributed by atoms with E-state index in [1.165, 1.54) is 12.8 Å². The number of likely N-dealkylation sites (tertiary alicyclic amines) is 1. The molecule has 4 fully saturated rings. The molecule has 4 saturated heterocycles. The van der Waals surface area contributed by atoms with Crippen molar-refractivity contribution < 1.29 is 5.11 Å². The second-order valence-corrected chi connectivity index (χ2v) is 10.7. The minimum absolute atomic E-state index is 0.0557. The van der Waals surface area contributed by atoms with E-state index in [0.717, 1.165) is 67.2 Å². The molecule has 38 heavy (non-hydrogen) atoms. The van der Waals surface area contributed by atoms with Crippen LogP contribution in [-0.4, -0.2) is 69.4 Å². The fourth-order valence-electron chi connectivity index (χ4n) is 6.03. The Labute approximate surface area is 222 Å². The summed E-state index contributed by atoms with van der Waals surface area (Å²) < 4.78 is 0. The van der Waals surface area contributed by atoms with Gasteiger partial charge in [-0.3, -0.25) is 4.90 Å². The van der Waals surface area contributed by atoms with Crippen molar-refractivity contribution in [2.24, 2.45) is 5.92 Å². The van der Waals surface area contributed by atoms with Crippen LogP contribution in [0.2, 0.25) is 0 Å². The predicted molar refractivity (Wildman–Crippen MR) is 146 cm³/mol. The Morgan fingerprint density at radius 1 is 1.16 bits per heavy atom. The van der Waals surface area contributed by atoms with Crippen LogP contribution in [0.5, 0.6) is 5.88 Å². The summed E-state index contributed by atoms with van der Waals surface area (Å²) in [6.07, 6.45) is 11.2. The molecule has 0 amide bonds. The number of rotatable bonds is 6. The average Bonchev–Trinajstić information content (AvgIpc) is 3.40. The quantitative estimate of drug-likeness (QED) is 0.402. The number of aromatic hydroxyl groups is 1. The summed E-state index contributed by atoms with van der Waals surface area (Å²) in [6.45, 7) is 7.00. The minimum Gasteiger partial charge on any atom is -0.493 e. The van der Waals surface area contributed by atoms with Crippen molar-refractivity contribution in [2.45, 2.75) is 38.4 Å². The number of allylic oxidation sites excluding steroid dienone is 3. The van der Waals surface area contributed by atoms with E-state index >= 15 is 0 Å². The Bertz CT molecular complexity index is 1340. The first-order valence-corrected chi connectivity index (χ1v) is 13.2. The van der Waals surface area contributed by atoms with Crippen molar-refractivity contribution in [1.29, 1.82) is 10.7 Å². The number of nitrogens with one attached hydrogen (secondary N) is 2. The van der Waals surface area contributed by atoms with Crippen LogP contribution in [0.1, 0.15) is 30.9 Å². The third-order valence-corrected chi connectivity index (χ3v) is 8.15. The van der Waals surface area contributed by atoms with E-state index in [-0.39, 0.29) is 5.88 Å². The van der Waals surface area contributed by atoms with Crippen LogP contribution >= 0.6 is 0 Å². The topological polar surface area (TPSA) is 115 Å². The van der Waals surface area contributed by atoms with Gasteiger partial charge >= 0.3 is 0 Å². The molecular weight excluding hydrogens is 476 g/mol. The summed E-state index contributed by atoms with van der Waals surface area (Å²) >= 11 is 0.